The van der Waals surface area contributed by atoms with Crippen molar-refractivity contribution >= 4 is 29.2 Å². The minimum Gasteiger partial charge on any atom is -0.457 e. The maximum Gasteiger partial charge on any atom is 0.343 e. The Hall–Kier alpha value is -2.30. The Morgan fingerprint density at radius 2 is 1.80 bits per heavy atom. The molecule has 0 amide bonds. The van der Waals surface area contributed by atoms with Crippen molar-refractivity contribution in [3.8, 4) is 0 Å². The van der Waals surface area contributed by atoms with Gasteiger partial charge in [-0.2, -0.15) is 5.10 Å². The summed E-state index contributed by atoms with van der Waals surface area (Å²) in [6.45, 7) is 2.35. The van der Waals surface area contributed by atoms with Crippen LogP contribution in [0.25, 0.3) is 0 Å². The molecular formula is C19H16Cl2N2O2. The third-order valence-electron chi connectivity index (χ3n) is 3.70. The number of benzene rings is 2. The number of hydrogen-bond donors (Lipinski definition) is 0. The molecule has 0 spiro atoms. The van der Waals surface area contributed by atoms with Gasteiger partial charge in [0.25, 0.3) is 0 Å². The standard InChI is InChI=1S/C19H16Cl2N2O2/c1-13-17(19(24)25-12-15-8-5-9-16(20)10-15)18(21)23(22-13)11-14-6-3-2-4-7-14/h2-10H,11-12H2,1H3. The van der Waals surface area contributed by atoms with E-state index in [4.69, 9.17) is 27.9 Å². The van der Waals surface area contributed by atoms with Crippen LogP contribution in [0.1, 0.15) is 27.2 Å². The van der Waals surface area contributed by atoms with Crippen LogP contribution in [0.5, 0.6) is 0 Å². The molecule has 0 saturated carbocycles. The lowest BCUT2D eigenvalue weighted by Crippen LogP contribution is -2.07. The number of aromatic nitrogens is 2. The van der Waals surface area contributed by atoms with E-state index in [1.165, 1.54) is 0 Å². The van der Waals surface area contributed by atoms with Crippen molar-refractivity contribution in [3.63, 3.8) is 0 Å². The normalized spacial score (nSPS) is 10.7. The lowest BCUT2D eigenvalue weighted by atomic mass is 10.2. The molecule has 0 radical (unpaired) electrons. The van der Waals surface area contributed by atoms with Gasteiger partial charge in [-0.05, 0) is 30.2 Å². The fraction of sp³-hybridized carbons (Fsp3) is 0.158. The molecule has 1 aromatic heterocycles. The van der Waals surface area contributed by atoms with E-state index >= 15 is 0 Å². The molecule has 0 N–H and O–H groups in total. The lowest BCUT2D eigenvalue weighted by molar-refractivity contribution is 0.0472. The van der Waals surface area contributed by atoms with Crippen LogP contribution in [0.2, 0.25) is 10.2 Å². The van der Waals surface area contributed by atoms with Crippen LogP contribution >= 0.6 is 23.2 Å². The van der Waals surface area contributed by atoms with E-state index in [1.54, 1.807) is 23.7 Å². The molecule has 0 aliphatic heterocycles. The Kier molecular flexibility index (Phi) is 5.41. The van der Waals surface area contributed by atoms with Gasteiger partial charge in [0.15, 0.2) is 0 Å². The molecule has 3 rings (SSSR count). The first-order valence-corrected chi connectivity index (χ1v) is 8.48. The van der Waals surface area contributed by atoms with Gasteiger partial charge in [0.2, 0.25) is 0 Å². The summed E-state index contributed by atoms with van der Waals surface area (Å²) in [5.74, 6) is -0.498. The minimum absolute atomic E-state index is 0.124. The fourth-order valence-electron chi connectivity index (χ4n) is 2.49. The van der Waals surface area contributed by atoms with Gasteiger partial charge in [-0.25, -0.2) is 9.48 Å². The van der Waals surface area contributed by atoms with E-state index in [9.17, 15) is 4.79 Å². The first-order chi connectivity index (χ1) is 12.0. The van der Waals surface area contributed by atoms with E-state index < -0.39 is 5.97 Å². The Balaban J connectivity index is 1.74. The summed E-state index contributed by atoms with van der Waals surface area (Å²) in [6, 6.07) is 16.9. The summed E-state index contributed by atoms with van der Waals surface area (Å²) < 4.78 is 6.96. The molecule has 4 nitrogen and oxygen atoms in total. The van der Waals surface area contributed by atoms with E-state index in [-0.39, 0.29) is 11.8 Å². The molecule has 0 aliphatic rings. The van der Waals surface area contributed by atoms with Crippen molar-refractivity contribution in [2.45, 2.75) is 20.1 Å². The summed E-state index contributed by atoms with van der Waals surface area (Å²) in [5.41, 5.74) is 2.69. The Morgan fingerprint density at radius 1 is 1.08 bits per heavy atom. The van der Waals surface area contributed by atoms with Crippen LogP contribution in [0.4, 0.5) is 0 Å². The maximum atomic E-state index is 12.4. The number of ether oxygens (including phenoxy) is 1. The first kappa shape index (κ1) is 17.5. The van der Waals surface area contributed by atoms with Crippen LogP contribution in [-0.4, -0.2) is 15.7 Å². The highest BCUT2D eigenvalue weighted by Gasteiger charge is 2.21. The predicted molar refractivity (Wildman–Crippen MR) is 98.1 cm³/mol. The zero-order valence-electron chi connectivity index (χ0n) is 13.6. The van der Waals surface area contributed by atoms with Gasteiger partial charge in [-0.1, -0.05) is 65.7 Å². The zero-order valence-corrected chi connectivity index (χ0v) is 15.1. The topological polar surface area (TPSA) is 44.1 Å². The zero-order chi connectivity index (χ0) is 17.8. The van der Waals surface area contributed by atoms with Crippen LogP contribution in [0.15, 0.2) is 54.6 Å². The van der Waals surface area contributed by atoms with Gasteiger partial charge >= 0.3 is 5.97 Å². The van der Waals surface area contributed by atoms with Crippen molar-refractivity contribution in [1.29, 1.82) is 0 Å². The molecule has 1 heterocycles. The summed E-state index contributed by atoms with van der Waals surface area (Å²) in [6.07, 6.45) is 0. The van der Waals surface area contributed by atoms with E-state index in [1.807, 2.05) is 42.5 Å². The Morgan fingerprint density at radius 3 is 2.52 bits per heavy atom. The first-order valence-electron chi connectivity index (χ1n) is 7.73. The Labute approximate surface area is 155 Å². The summed E-state index contributed by atoms with van der Waals surface area (Å²) >= 11 is 12.3. The monoisotopic (exact) mass is 374 g/mol. The second-order valence-electron chi connectivity index (χ2n) is 5.60. The van der Waals surface area contributed by atoms with Gasteiger partial charge in [0.05, 0.1) is 12.2 Å². The number of rotatable bonds is 5. The van der Waals surface area contributed by atoms with Crippen LogP contribution in [-0.2, 0) is 17.9 Å². The average Bonchev–Trinajstić information content (AvgIpc) is 2.87. The van der Waals surface area contributed by atoms with Crippen molar-refractivity contribution in [1.82, 2.24) is 9.78 Å². The van der Waals surface area contributed by atoms with Crippen molar-refractivity contribution in [2.24, 2.45) is 0 Å². The molecule has 0 bridgehead atoms. The number of nitrogens with zero attached hydrogens (tertiary/aromatic N) is 2. The molecule has 0 fully saturated rings. The number of carbonyl (C=O) groups excluding carboxylic acids is 1. The van der Waals surface area contributed by atoms with Crippen molar-refractivity contribution < 1.29 is 9.53 Å². The highest BCUT2D eigenvalue weighted by atomic mass is 35.5. The van der Waals surface area contributed by atoms with Crippen LogP contribution in [0, 0.1) is 6.92 Å². The molecule has 128 valence electrons. The number of carbonyl (C=O) groups is 1. The molecule has 0 aliphatic carbocycles. The van der Waals surface area contributed by atoms with E-state index in [0.29, 0.717) is 22.8 Å². The van der Waals surface area contributed by atoms with E-state index in [0.717, 1.165) is 11.1 Å². The minimum atomic E-state index is -0.498. The van der Waals surface area contributed by atoms with Gasteiger partial charge < -0.3 is 4.74 Å². The third-order valence-corrected chi connectivity index (χ3v) is 4.32. The SMILES string of the molecule is Cc1nn(Cc2ccccc2)c(Cl)c1C(=O)OCc1cccc(Cl)c1. The molecular weight excluding hydrogens is 359 g/mol. The number of esters is 1. The highest BCUT2D eigenvalue weighted by Crippen LogP contribution is 2.22. The number of aryl methyl sites for hydroxylation is 1. The maximum absolute atomic E-state index is 12.4. The highest BCUT2D eigenvalue weighted by molar-refractivity contribution is 6.32. The lowest BCUT2D eigenvalue weighted by Gasteiger charge is -2.06. The number of hydrogen-bond acceptors (Lipinski definition) is 3. The number of halogens is 2. The molecule has 0 atom stereocenters. The van der Waals surface area contributed by atoms with Crippen molar-refractivity contribution in [3.05, 3.63) is 87.2 Å². The summed E-state index contributed by atoms with van der Waals surface area (Å²) in [5, 5.41) is 5.23. The summed E-state index contributed by atoms with van der Waals surface area (Å²) in [7, 11) is 0. The predicted octanol–water partition coefficient (Wildman–Crippen LogP) is 4.90. The largest absolute Gasteiger partial charge is 0.457 e. The Bertz CT molecular complexity index is 892. The molecule has 6 heteroatoms. The second-order valence-corrected chi connectivity index (χ2v) is 6.39. The second kappa shape index (κ2) is 7.72. The summed E-state index contributed by atoms with van der Waals surface area (Å²) in [4.78, 5) is 12.4. The van der Waals surface area contributed by atoms with E-state index in [2.05, 4.69) is 5.10 Å². The van der Waals surface area contributed by atoms with Crippen LogP contribution < -0.4 is 0 Å². The quantitative estimate of drug-likeness (QED) is 0.596. The molecule has 25 heavy (non-hydrogen) atoms. The fourth-order valence-corrected chi connectivity index (χ4v) is 3.02. The van der Waals surface area contributed by atoms with Gasteiger partial charge in [0.1, 0.15) is 17.3 Å². The smallest absolute Gasteiger partial charge is 0.343 e. The van der Waals surface area contributed by atoms with Gasteiger partial charge in [-0.3, -0.25) is 0 Å². The van der Waals surface area contributed by atoms with Crippen molar-refractivity contribution in [2.75, 3.05) is 0 Å². The van der Waals surface area contributed by atoms with Crippen LogP contribution in [0.3, 0.4) is 0 Å². The van der Waals surface area contributed by atoms with Gasteiger partial charge in [0, 0.05) is 5.02 Å². The molecule has 3 aromatic rings. The third kappa shape index (κ3) is 4.21. The molecule has 0 saturated heterocycles. The van der Waals surface area contributed by atoms with Gasteiger partial charge in [-0.15, -0.1) is 0 Å². The average molecular weight is 375 g/mol. The molecule has 2 aromatic carbocycles. The molecule has 0 unspecified atom stereocenters.